The van der Waals surface area contributed by atoms with Gasteiger partial charge in [-0.05, 0) is 32.1 Å². The van der Waals surface area contributed by atoms with Gasteiger partial charge in [0.2, 0.25) is 0 Å². The summed E-state index contributed by atoms with van der Waals surface area (Å²) in [7, 11) is 0. The van der Waals surface area contributed by atoms with Crippen LogP contribution in [0.25, 0.3) is 0 Å². The first kappa shape index (κ1) is 22.4. The molecule has 0 aromatic carbocycles. The van der Waals surface area contributed by atoms with Crippen LogP contribution in [0.1, 0.15) is 52.4 Å². The molecule has 0 radical (unpaired) electrons. The number of aliphatic hydroxyl groups is 2. The van der Waals surface area contributed by atoms with Crippen LogP contribution < -0.4 is 0 Å². The van der Waals surface area contributed by atoms with Gasteiger partial charge >= 0.3 is 0 Å². The highest BCUT2D eigenvalue weighted by Crippen LogP contribution is 1.99. The SMILES string of the molecule is CC/C=C\C[C@H](O)/C=C/C=C\C=C\[C@@H](O)C/C=C\C/C=C\CCC. The molecule has 2 N–H and O–H groups in total. The van der Waals surface area contributed by atoms with E-state index in [2.05, 4.69) is 32.1 Å². The second-order valence-electron chi connectivity index (χ2n) is 5.61. The second-order valence-corrected chi connectivity index (χ2v) is 5.61. The number of unbranched alkanes of at least 4 members (excludes halogenated alkanes) is 1. The maximum atomic E-state index is 9.80. The van der Waals surface area contributed by atoms with Crippen molar-refractivity contribution in [2.45, 2.75) is 64.6 Å². The predicted molar refractivity (Wildman–Crippen MR) is 106 cm³/mol. The van der Waals surface area contributed by atoms with Crippen molar-refractivity contribution in [3.05, 3.63) is 72.9 Å². The third-order valence-corrected chi connectivity index (χ3v) is 3.22. The Morgan fingerprint density at radius 1 is 0.667 bits per heavy atom. The lowest BCUT2D eigenvalue weighted by molar-refractivity contribution is 0.226. The van der Waals surface area contributed by atoms with Gasteiger partial charge in [-0.15, -0.1) is 0 Å². The first-order valence-corrected chi connectivity index (χ1v) is 9.03. The van der Waals surface area contributed by atoms with Crippen molar-refractivity contribution in [3.8, 4) is 0 Å². The van der Waals surface area contributed by atoms with Crippen LogP contribution in [-0.2, 0) is 0 Å². The van der Waals surface area contributed by atoms with Gasteiger partial charge in [0.1, 0.15) is 0 Å². The summed E-state index contributed by atoms with van der Waals surface area (Å²) in [6.45, 7) is 4.24. The second kappa shape index (κ2) is 17.7. The molecule has 0 aliphatic rings. The molecule has 0 aromatic heterocycles. The van der Waals surface area contributed by atoms with Crippen molar-refractivity contribution < 1.29 is 10.2 Å². The summed E-state index contributed by atoms with van der Waals surface area (Å²) in [5, 5.41) is 19.5. The Kier molecular flexibility index (Phi) is 16.5. The number of rotatable bonds is 13. The van der Waals surface area contributed by atoms with E-state index in [1.807, 2.05) is 42.5 Å². The van der Waals surface area contributed by atoms with Gasteiger partial charge in [0.05, 0.1) is 12.2 Å². The monoisotopic (exact) mass is 330 g/mol. The molecule has 0 aliphatic carbocycles. The summed E-state index contributed by atoms with van der Waals surface area (Å²) < 4.78 is 0. The molecule has 0 saturated carbocycles. The van der Waals surface area contributed by atoms with Crippen LogP contribution in [0.2, 0.25) is 0 Å². The van der Waals surface area contributed by atoms with E-state index in [4.69, 9.17) is 0 Å². The fraction of sp³-hybridized carbons (Fsp3) is 0.455. The zero-order chi connectivity index (χ0) is 17.9. The minimum absolute atomic E-state index is 0.441. The fourth-order valence-corrected chi connectivity index (χ4v) is 1.86. The smallest absolute Gasteiger partial charge is 0.0758 e. The summed E-state index contributed by atoms with van der Waals surface area (Å²) in [6.07, 6.45) is 28.0. The van der Waals surface area contributed by atoms with Gasteiger partial charge < -0.3 is 10.2 Å². The van der Waals surface area contributed by atoms with Gasteiger partial charge in [-0.1, -0.05) is 93.2 Å². The molecule has 0 rings (SSSR count). The number of aliphatic hydroxyl groups excluding tert-OH is 2. The van der Waals surface area contributed by atoms with E-state index in [1.54, 1.807) is 12.2 Å². The van der Waals surface area contributed by atoms with E-state index in [-0.39, 0.29) is 0 Å². The van der Waals surface area contributed by atoms with Gasteiger partial charge in [-0.3, -0.25) is 0 Å². The van der Waals surface area contributed by atoms with Crippen LogP contribution in [0, 0.1) is 0 Å². The first-order valence-electron chi connectivity index (χ1n) is 9.03. The molecule has 24 heavy (non-hydrogen) atoms. The normalized spacial score (nSPS) is 16.0. The zero-order valence-electron chi connectivity index (χ0n) is 15.2. The predicted octanol–water partition coefficient (Wildman–Crippen LogP) is 5.43. The lowest BCUT2D eigenvalue weighted by Gasteiger charge is -1.99. The Morgan fingerprint density at radius 3 is 1.75 bits per heavy atom. The van der Waals surface area contributed by atoms with Crippen LogP contribution in [0.15, 0.2) is 72.9 Å². The van der Waals surface area contributed by atoms with Gasteiger partial charge in [0.15, 0.2) is 0 Å². The third-order valence-electron chi connectivity index (χ3n) is 3.22. The summed E-state index contributed by atoms with van der Waals surface area (Å²) in [4.78, 5) is 0. The Hall–Kier alpha value is -1.64. The van der Waals surface area contributed by atoms with E-state index in [9.17, 15) is 10.2 Å². The van der Waals surface area contributed by atoms with E-state index in [0.29, 0.717) is 12.8 Å². The van der Waals surface area contributed by atoms with Crippen molar-refractivity contribution in [1.82, 2.24) is 0 Å². The number of hydrogen-bond acceptors (Lipinski definition) is 2. The molecule has 2 nitrogen and oxygen atoms in total. The van der Waals surface area contributed by atoms with Crippen molar-refractivity contribution in [3.63, 3.8) is 0 Å². The topological polar surface area (TPSA) is 40.5 Å². The molecular formula is C22H34O2. The van der Waals surface area contributed by atoms with Gasteiger partial charge in [0.25, 0.3) is 0 Å². The molecule has 0 bridgehead atoms. The maximum Gasteiger partial charge on any atom is 0.0758 e. The summed E-state index contributed by atoms with van der Waals surface area (Å²) in [5.74, 6) is 0. The highest BCUT2D eigenvalue weighted by Gasteiger charge is 1.93. The number of hydrogen-bond donors (Lipinski definition) is 2. The Morgan fingerprint density at radius 2 is 1.21 bits per heavy atom. The zero-order valence-corrected chi connectivity index (χ0v) is 15.2. The summed E-state index contributed by atoms with van der Waals surface area (Å²) in [5.41, 5.74) is 0. The maximum absolute atomic E-state index is 9.80. The fourth-order valence-electron chi connectivity index (χ4n) is 1.86. The quantitative estimate of drug-likeness (QED) is 0.349. The largest absolute Gasteiger partial charge is 0.389 e. The Balaban J connectivity index is 3.87. The first-order chi connectivity index (χ1) is 11.7. The molecule has 0 aliphatic heterocycles. The third kappa shape index (κ3) is 16.7. The average molecular weight is 331 g/mol. The lowest BCUT2D eigenvalue weighted by Crippen LogP contribution is -1.98. The van der Waals surface area contributed by atoms with Crippen LogP contribution in [-0.4, -0.2) is 22.4 Å². The molecule has 2 heteroatoms. The Bertz CT molecular complexity index is 439. The minimum atomic E-state index is -0.459. The molecule has 0 heterocycles. The molecular weight excluding hydrogens is 296 g/mol. The van der Waals surface area contributed by atoms with Gasteiger partial charge in [-0.25, -0.2) is 0 Å². The van der Waals surface area contributed by atoms with Crippen molar-refractivity contribution in [1.29, 1.82) is 0 Å². The molecule has 0 spiro atoms. The highest BCUT2D eigenvalue weighted by molar-refractivity contribution is 5.13. The van der Waals surface area contributed by atoms with Crippen molar-refractivity contribution >= 4 is 0 Å². The standard InChI is InChI=1S/C22H34O2/c1-3-5-7-8-9-10-14-18-22(24)20-16-12-11-15-19-21(23)17-13-6-4-2/h6-8,10-16,19-24H,3-5,9,17-18H2,1-2H3/b8-7-,12-11-,13-6-,14-10-,19-15+,20-16+/t21-,22-/m0/s1. The molecule has 0 fully saturated rings. The molecule has 2 atom stereocenters. The van der Waals surface area contributed by atoms with Gasteiger partial charge in [0, 0.05) is 0 Å². The van der Waals surface area contributed by atoms with E-state index < -0.39 is 12.2 Å². The van der Waals surface area contributed by atoms with Gasteiger partial charge in [-0.2, -0.15) is 0 Å². The van der Waals surface area contributed by atoms with E-state index in [1.165, 1.54) is 6.42 Å². The van der Waals surface area contributed by atoms with Crippen LogP contribution in [0.5, 0.6) is 0 Å². The summed E-state index contributed by atoms with van der Waals surface area (Å²) in [6, 6.07) is 0. The van der Waals surface area contributed by atoms with Crippen LogP contribution in [0.3, 0.4) is 0 Å². The lowest BCUT2D eigenvalue weighted by atomic mass is 10.2. The van der Waals surface area contributed by atoms with Crippen LogP contribution >= 0.6 is 0 Å². The molecule has 0 amide bonds. The minimum Gasteiger partial charge on any atom is -0.389 e. The average Bonchev–Trinajstić information content (AvgIpc) is 2.57. The van der Waals surface area contributed by atoms with Crippen molar-refractivity contribution in [2.75, 3.05) is 0 Å². The molecule has 0 saturated heterocycles. The van der Waals surface area contributed by atoms with Crippen LogP contribution in [0.4, 0.5) is 0 Å². The van der Waals surface area contributed by atoms with Crippen molar-refractivity contribution in [2.24, 2.45) is 0 Å². The van der Waals surface area contributed by atoms with E-state index in [0.717, 1.165) is 19.3 Å². The number of allylic oxidation sites excluding steroid dienone is 8. The highest BCUT2D eigenvalue weighted by atomic mass is 16.3. The molecule has 0 aromatic rings. The van der Waals surface area contributed by atoms with E-state index >= 15 is 0 Å². The summed E-state index contributed by atoms with van der Waals surface area (Å²) >= 11 is 0. The molecule has 0 unspecified atom stereocenters. The molecule has 134 valence electrons. The Labute approximate surface area is 148 Å².